The molecule has 0 spiro atoms. The molecule has 3 nitrogen and oxygen atoms in total. The van der Waals surface area contributed by atoms with E-state index >= 15 is 0 Å². The maximum atomic E-state index is 11.8. The number of rotatable bonds is 3. The number of hydrogen-bond acceptors (Lipinski definition) is 4. The molecule has 0 aliphatic rings. The Kier molecular flexibility index (Phi) is 3.33. The van der Waals surface area contributed by atoms with Crippen LogP contribution in [0.3, 0.4) is 0 Å². The fraction of sp³-hybridized carbons (Fsp3) is 0.308. The third-order valence-electron chi connectivity index (χ3n) is 2.54. The minimum Gasteiger partial charge on any atom is -0.508 e. The zero-order valence-electron chi connectivity index (χ0n) is 9.82. The maximum absolute atomic E-state index is 11.8. The number of thiophene rings is 1. The molecule has 90 valence electrons. The average Bonchev–Trinajstić information content (AvgIpc) is 2.63. The summed E-state index contributed by atoms with van der Waals surface area (Å²) in [6, 6.07) is 5.12. The first kappa shape index (κ1) is 11.9. The molecule has 0 aliphatic heterocycles. The van der Waals surface area contributed by atoms with Gasteiger partial charge in [-0.15, -0.1) is 11.3 Å². The van der Waals surface area contributed by atoms with Gasteiger partial charge in [0.05, 0.1) is 6.61 Å². The topological polar surface area (TPSA) is 46.5 Å². The molecule has 0 radical (unpaired) electrons. The predicted octanol–water partition coefficient (Wildman–Crippen LogP) is 3.48. The predicted molar refractivity (Wildman–Crippen MR) is 68.8 cm³/mol. The summed E-state index contributed by atoms with van der Waals surface area (Å²) in [4.78, 5) is 12.4. The van der Waals surface area contributed by atoms with E-state index in [2.05, 4.69) is 0 Å². The number of phenols is 1. The van der Waals surface area contributed by atoms with Gasteiger partial charge in [0.2, 0.25) is 0 Å². The first-order chi connectivity index (χ1) is 8.13. The third-order valence-corrected chi connectivity index (χ3v) is 3.78. The van der Waals surface area contributed by atoms with Crippen molar-refractivity contribution in [3.8, 4) is 5.75 Å². The van der Waals surface area contributed by atoms with Gasteiger partial charge in [0, 0.05) is 4.70 Å². The molecule has 1 aromatic carbocycles. The quantitative estimate of drug-likeness (QED) is 0.848. The summed E-state index contributed by atoms with van der Waals surface area (Å²) in [7, 11) is 0. The minimum absolute atomic E-state index is 0.215. The lowest BCUT2D eigenvalue weighted by Gasteiger charge is -2.01. The van der Waals surface area contributed by atoms with Crippen LogP contribution < -0.4 is 0 Å². The number of hydrogen-bond donors (Lipinski definition) is 1. The fourth-order valence-corrected chi connectivity index (χ4v) is 2.81. The van der Waals surface area contributed by atoms with Crippen molar-refractivity contribution in [2.75, 3.05) is 6.61 Å². The van der Waals surface area contributed by atoms with Gasteiger partial charge in [-0.2, -0.15) is 0 Å². The molecular formula is C13H14O3S. The van der Waals surface area contributed by atoms with Crippen molar-refractivity contribution in [3.63, 3.8) is 0 Å². The second kappa shape index (κ2) is 4.75. The Morgan fingerprint density at radius 3 is 2.94 bits per heavy atom. The van der Waals surface area contributed by atoms with E-state index in [1.807, 2.05) is 19.9 Å². The van der Waals surface area contributed by atoms with E-state index in [0.29, 0.717) is 11.5 Å². The lowest BCUT2D eigenvalue weighted by molar-refractivity contribution is 0.0510. The molecule has 0 saturated heterocycles. The molecule has 0 atom stereocenters. The largest absolute Gasteiger partial charge is 0.508 e. The molecule has 0 aliphatic carbocycles. The Hall–Kier alpha value is -1.55. The smallest absolute Gasteiger partial charge is 0.348 e. The van der Waals surface area contributed by atoms with E-state index in [4.69, 9.17) is 4.74 Å². The van der Waals surface area contributed by atoms with Crippen molar-refractivity contribution in [3.05, 3.63) is 28.6 Å². The number of esters is 1. The summed E-state index contributed by atoms with van der Waals surface area (Å²) >= 11 is 1.36. The minimum atomic E-state index is -0.273. The Labute approximate surface area is 104 Å². The number of ether oxygens (including phenoxy) is 1. The summed E-state index contributed by atoms with van der Waals surface area (Å²) in [5.41, 5.74) is 0.922. The number of fused-ring (bicyclic) bond motifs is 1. The second-order valence-corrected chi connectivity index (χ2v) is 4.92. The highest BCUT2D eigenvalue weighted by Gasteiger charge is 2.16. The van der Waals surface area contributed by atoms with Crippen LogP contribution in [0.25, 0.3) is 10.1 Å². The van der Waals surface area contributed by atoms with Crippen molar-refractivity contribution >= 4 is 27.4 Å². The number of carbonyl (C=O) groups is 1. The Morgan fingerprint density at radius 1 is 1.47 bits per heavy atom. The van der Waals surface area contributed by atoms with Crippen molar-refractivity contribution in [1.82, 2.24) is 0 Å². The molecule has 2 aromatic rings. The second-order valence-electron chi connectivity index (χ2n) is 3.87. The van der Waals surface area contributed by atoms with E-state index in [9.17, 15) is 9.90 Å². The zero-order valence-corrected chi connectivity index (χ0v) is 10.6. The highest BCUT2D eigenvalue weighted by molar-refractivity contribution is 7.21. The molecule has 1 aromatic heterocycles. The summed E-state index contributed by atoms with van der Waals surface area (Å²) in [5.74, 6) is -0.0581. The zero-order chi connectivity index (χ0) is 12.4. The van der Waals surface area contributed by atoms with Gasteiger partial charge in [0.15, 0.2) is 0 Å². The summed E-state index contributed by atoms with van der Waals surface area (Å²) in [6.45, 7) is 4.30. The van der Waals surface area contributed by atoms with Gasteiger partial charge in [0.25, 0.3) is 0 Å². The van der Waals surface area contributed by atoms with E-state index in [1.54, 1.807) is 12.1 Å². The maximum Gasteiger partial charge on any atom is 0.348 e. The lowest BCUT2D eigenvalue weighted by atomic mass is 10.1. The van der Waals surface area contributed by atoms with Crippen molar-refractivity contribution in [1.29, 1.82) is 0 Å². The van der Waals surface area contributed by atoms with E-state index in [1.165, 1.54) is 11.3 Å². The van der Waals surface area contributed by atoms with Gasteiger partial charge in [-0.05, 0) is 42.5 Å². The van der Waals surface area contributed by atoms with Crippen LogP contribution in [0.1, 0.15) is 28.6 Å². The molecule has 1 N–H and O–H groups in total. The molecule has 4 heteroatoms. The summed E-state index contributed by atoms with van der Waals surface area (Å²) < 4.78 is 6.04. The molecule has 0 amide bonds. The Balaban J connectivity index is 2.41. The number of benzene rings is 1. The van der Waals surface area contributed by atoms with Gasteiger partial charge in [-0.25, -0.2) is 4.79 Å². The van der Waals surface area contributed by atoms with Crippen LogP contribution in [-0.4, -0.2) is 17.7 Å². The standard InChI is InChI=1S/C13H14O3S/c1-3-6-16-13(15)12-8(2)10-5-4-9(14)7-11(10)17-12/h4-5,7,14H,3,6H2,1-2H3. The van der Waals surface area contributed by atoms with Crippen molar-refractivity contribution < 1.29 is 14.6 Å². The van der Waals surface area contributed by atoms with Gasteiger partial charge < -0.3 is 9.84 Å². The Bertz CT molecular complexity index is 557. The third kappa shape index (κ3) is 2.26. The normalized spacial score (nSPS) is 10.7. The van der Waals surface area contributed by atoms with Crippen LogP contribution in [0.15, 0.2) is 18.2 Å². The number of aryl methyl sites for hydroxylation is 1. The Morgan fingerprint density at radius 2 is 2.24 bits per heavy atom. The molecule has 0 bridgehead atoms. The molecule has 0 fully saturated rings. The lowest BCUT2D eigenvalue weighted by Crippen LogP contribution is -2.04. The monoisotopic (exact) mass is 250 g/mol. The van der Waals surface area contributed by atoms with Crippen molar-refractivity contribution in [2.45, 2.75) is 20.3 Å². The molecule has 0 saturated carbocycles. The van der Waals surface area contributed by atoms with Gasteiger partial charge in [-0.1, -0.05) is 6.92 Å². The van der Waals surface area contributed by atoms with Crippen LogP contribution in [-0.2, 0) is 4.74 Å². The van der Waals surface area contributed by atoms with E-state index in [-0.39, 0.29) is 11.7 Å². The van der Waals surface area contributed by atoms with Gasteiger partial charge >= 0.3 is 5.97 Å². The van der Waals surface area contributed by atoms with Crippen molar-refractivity contribution in [2.24, 2.45) is 0 Å². The van der Waals surface area contributed by atoms with E-state index < -0.39 is 0 Å². The number of phenolic OH excluding ortho intramolecular Hbond substituents is 1. The van der Waals surface area contributed by atoms with Crippen LogP contribution in [0.5, 0.6) is 5.75 Å². The molecular weight excluding hydrogens is 236 g/mol. The molecule has 17 heavy (non-hydrogen) atoms. The van der Waals surface area contributed by atoms with Crippen LogP contribution in [0, 0.1) is 6.92 Å². The average molecular weight is 250 g/mol. The molecule has 1 heterocycles. The fourth-order valence-electron chi connectivity index (χ4n) is 1.67. The molecule has 2 rings (SSSR count). The van der Waals surface area contributed by atoms with Crippen LogP contribution >= 0.6 is 11.3 Å². The van der Waals surface area contributed by atoms with Gasteiger partial charge in [0.1, 0.15) is 10.6 Å². The molecule has 0 unspecified atom stereocenters. The van der Waals surface area contributed by atoms with Crippen LogP contribution in [0.2, 0.25) is 0 Å². The van der Waals surface area contributed by atoms with E-state index in [0.717, 1.165) is 22.1 Å². The highest BCUT2D eigenvalue weighted by Crippen LogP contribution is 2.33. The number of aromatic hydroxyl groups is 1. The number of carbonyl (C=O) groups excluding carboxylic acids is 1. The first-order valence-electron chi connectivity index (χ1n) is 5.52. The van der Waals surface area contributed by atoms with Crippen LogP contribution in [0.4, 0.5) is 0 Å². The summed E-state index contributed by atoms with van der Waals surface area (Å²) in [6.07, 6.45) is 0.816. The highest BCUT2D eigenvalue weighted by atomic mass is 32.1. The SMILES string of the molecule is CCCOC(=O)c1sc2cc(O)ccc2c1C. The summed E-state index contributed by atoms with van der Waals surface area (Å²) in [5, 5.41) is 10.4. The first-order valence-corrected chi connectivity index (χ1v) is 6.34. The van der Waals surface area contributed by atoms with Gasteiger partial charge in [-0.3, -0.25) is 0 Å².